The zero-order valence-corrected chi connectivity index (χ0v) is 8.17. The smallest absolute Gasteiger partial charge is 0.0324 e. The van der Waals surface area contributed by atoms with Gasteiger partial charge in [0.25, 0.3) is 0 Å². The van der Waals surface area contributed by atoms with Crippen molar-refractivity contribution in [2.24, 2.45) is 35.5 Å². The Kier molecular flexibility index (Phi) is 1.56. The molecule has 2 fully saturated rings. The maximum Gasteiger partial charge on any atom is -0.0324 e. The molecule has 6 atom stereocenters. The van der Waals surface area contributed by atoms with E-state index >= 15 is 0 Å². The molecule has 2 rings (SSSR count). The highest BCUT2D eigenvalue weighted by Crippen LogP contribution is 2.61. The first kappa shape index (κ1) is 7.64. The second kappa shape index (κ2) is 2.24. The first-order valence-corrected chi connectivity index (χ1v) is 5.13. The molecule has 0 heterocycles. The highest BCUT2D eigenvalue weighted by atomic mass is 14.6. The molecule has 64 valence electrons. The van der Waals surface area contributed by atoms with Crippen molar-refractivity contribution in [1.82, 2.24) is 0 Å². The van der Waals surface area contributed by atoms with E-state index in [0.717, 1.165) is 35.5 Å². The molecular formula is C11H20. The van der Waals surface area contributed by atoms with Crippen molar-refractivity contribution in [3.8, 4) is 0 Å². The monoisotopic (exact) mass is 152 g/mol. The van der Waals surface area contributed by atoms with Gasteiger partial charge in [0.05, 0.1) is 0 Å². The molecule has 0 radical (unpaired) electrons. The van der Waals surface area contributed by atoms with E-state index in [0.29, 0.717) is 0 Å². The molecule has 0 aromatic rings. The molecule has 0 N–H and O–H groups in total. The van der Waals surface area contributed by atoms with Crippen molar-refractivity contribution in [1.29, 1.82) is 0 Å². The van der Waals surface area contributed by atoms with Crippen LogP contribution in [0.4, 0.5) is 0 Å². The number of hydrogen-bond donors (Lipinski definition) is 0. The molecule has 0 amide bonds. The van der Waals surface area contributed by atoms with Crippen LogP contribution in [0.25, 0.3) is 0 Å². The van der Waals surface area contributed by atoms with Crippen LogP contribution in [-0.2, 0) is 0 Å². The minimum Gasteiger partial charge on any atom is -0.0622 e. The van der Waals surface area contributed by atoms with Gasteiger partial charge in [-0.2, -0.15) is 0 Å². The van der Waals surface area contributed by atoms with Gasteiger partial charge < -0.3 is 0 Å². The quantitative estimate of drug-likeness (QED) is 0.500. The highest BCUT2D eigenvalue weighted by molar-refractivity contribution is 5.03. The molecule has 0 spiro atoms. The second-order valence-corrected chi connectivity index (χ2v) is 5.06. The molecule has 0 saturated heterocycles. The zero-order valence-electron chi connectivity index (χ0n) is 8.17. The van der Waals surface area contributed by atoms with Crippen LogP contribution in [0.1, 0.15) is 34.1 Å². The van der Waals surface area contributed by atoms with Crippen molar-refractivity contribution in [3.05, 3.63) is 0 Å². The Morgan fingerprint density at radius 1 is 0.727 bits per heavy atom. The molecule has 2 saturated carbocycles. The molecule has 0 nitrogen and oxygen atoms in total. The standard InChI is InChI=1S/C11H20/c1-6-5-7(2)10-9(4)11(10)8(6)3/h6-11H,5H2,1-4H3/t6?,7?,8-,9?,10?,11?/m0/s1. The maximum absolute atomic E-state index is 2.46. The van der Waals surface area contributed by atoms with Crippen molar-refractivity contribution in [2.75, 3.05) is 0 Å². The van der Waals surface area contributed by atoms with E-state index in [1.54, 1.807) is 0 Å². The molecule has 0 aliphatic heterocycles. The van der Waals surface area contributed by atoms with Gasteiger partial charge in [-0.3, -0.25) is 0 Å². The fourth-order valence-corrected chi connectivity index (χ4v) is 3.59. The van der Waals surface area contributed by atoms with Crippen LogP contribution >= 0.6 is 0 Å². The fraction of sp³-hybridized carbons (Fsp3) is 1.00. The van der Waals surface area contributed by atoms with Crippen molar-refractivity contribution in [2.45, 2.75) is 34.1 Å². The molecule has 0 aromatic carbocycles. The summed E-state index contributed by atoms with van der Waals surface area (Å²) in [7, 11) is 0. The Morgan fingerprint density at radius 2 is 1.36 bits per heavy atom. The van der Waals surface area contributed by atoms with Crippen molar-refractivity contribution >= 4 is 0 Å². The van der Waals surface area contributed by atoms with Crippen LogP contribution < -0.4 is 0 Å². The van der Waals surface area contributed by atoms with E-state index in [1.165, 1.54) is 6.42 Å². The summed E-state index contributed by atoms with van der Waals surface area (Å²) >= 11 is 0. The molecule has 0 bridgehead atoms. The number of hydrogen-bond acceptors (Lipinski definition) is 0. The van der Waals surface area contributed by atoms with E-state index < -0.39 is 0 Å². The third kappa shape index (κ3) is 0.947. The van der Waals surface area contributed by atoms with E-state index in [9.17, 15) is 0 Å². The van der Waals surface area contributed by atoms with Crippen LogP contribution in [0, 0.1) is 35.5 Å². The Labute approximate surface area is 70.4 Å². The lowest BCUT2D eigenvalue weighted by molar-refractivity contribution is 0.205. The number of rotatable bonds is 0. The lowest BCUT2D eigenvalue weighted by Crippen LogP contribution is -2.21. The van der Waals surface area contributed by atoms with Crippen LogP contribution in [0.3, 0.4) is 0 Å². The van der Waals surface area contributed by atoms with Crippen molar-refractivity contribution < 1.29 is 0 Å². The van der Waals surface area contributed by atoms with E-state index in [2.05, 4.69) is 27.7 Å². The van der Waals surface area contributed by atoms with Gasteiger partial charge in [-0.05, 0) is 41.9 Å². The topological polar surface area (TPSA) is 0 Å². The normalized spacial score (nSPS) is 62.2. The third-order valence-electron chi connectivity index (χ3n) is 4.42. The van der Waals surface area contributed by atoms with Gasteiger partial charge in [-0.25, -0.2) is 0 Å². The van der Waals surface area contributed by atoms with Crippen LogP contribution in [0.5, 0.6) is 0 Å². The molecule has 0 aromatic heterocycles. The van der Waals surface area contributed by atoms with Gasteiger partial charge in [0.15, 0.2) is 0 Å². The highest BCUT2D eigenvalue weighted by Gasteiger charge is 2.55. The van der Waals surface area contributed by atoms with E-state index in [4.69, 9.17) is 0 Å². The Balaban J connectivity index is 2.10. The molecule has 2 aliphatic rings. The van der Waals surface area contributed by atoms with E-state index in [1.807, 2.05) is 0 Å². The maximum atomic E-state index is 2.46. The third-order valence-corrected chi connectivity index (χ3v) is 4.42. The lowest BCUT2D eigenvalue weighted by Gasteiger charge is -2.29. The lowest BCUT2D eigenvalue weighted by atomic mass is 9.77. The second-order valence-electron chi connectivity index (χ2n) is 5.06. The first-order valence-electron chi connectivity index (χ1n) is 5.13. The summed E-state index contributed by atoms with van der Waals surface area (Å²) in [6, 6.07) is 0. The molecular weight excluding hydrogens is 132 g/mol. The summed E-state index contributed by atoms with van der Waals surface area (Å²) in [6.07, 6.45) is 1.48. The van der Waals surface area contributed by atoms with Crippen LogP contribution in [0.15, 0.2) is 0 Å². The summed E-state index contributed by atoms with van der Waals surface area (Å²) in [6.45, 7) is 9.78. The summed E-state index contributed by atoms with van der Waals surface area (Å²) in [5.41, 5.74) is 0. The minimum atomic E-state index is 0.983. The first-order chi connectivity index (χ1) is 5.13. The molecule has 2 aliphatic carbocycles. The zero-order chi connectivity index (χ0) is 8.17. The van der Waals surface area contributed by atoms with Crippen LogP contribution in [-0.4, -0.2) is 0 Å². The minimum absolute atomic E-state index is 0.983. The molecule has 11 heavy (non-hydrogen) atoms. The summed E-state index contributed by atoms with van der Waals surface area (Å²) in [4.78, 5) is 0. The summed E-state index contributed by atoms with van der Waals surface area (Å²) in [5, 5.41) is 0. The Hall–Kier alpha value is 0. The average molecular weight is 152 g/mol. The molecule has 5 unspecified atom stereocenters. The fourth-order valence-electron chi connectivity index (χ4n) is 3.59. The van der Waals surface area contributed by atoms with Gasteiger partial charge in [0, 0.05) is 0 Å². The average Bonchev–Trinajstić information content (AvgIpc) is 2.58. The van der Waals surface area contributed by atoms with Gasteiger partial charge in [-0.15, -0.1) is 0 Å². The Morgan fingerprint density at radius 3 is 2.00 bits per heavy atom. The van der Waals surface area contributed by atoms with Gasteiger partial charge >= 0.3 is 0 Å². The van der Waals surface area contributed by atoms with E-state index in [-0.39, 0.29) is 0 Å². The Bertz CT molecular complexity index is 151. The largest absolute Gasteiger partial charge is 0.0622 e. The van der Waals surface area contributed by atoms with Gasteiger partial charge in [0.1, 0.15) is 0 Å². The SMILES string of the molecule is CC1CC(C)[C@H](C)C2C(C)C12. The van der Waals surface area contributed by atoms with Crippen molar-refractivity contribution in [3.63, 3.8) is 0 Å². The predicted octanol–water partition coefficient (Wildman–Crippen LogP) is 3.18. The predicted molar refractivity (Wildman–Crippen MR) is 48.3 cm³/mol. The summed E-state index contributed by atoms with van der Waals surface area (Å²) in [5.74, 6) is 6.24. The molecule has 0 heteroatoms. The van der Waals surface area contributed by atoms with Gasteiger partial charge in [-0.1, -0.05) is 27.7 Å². The summed E-state index contributed by atoms with van der Waals surface area (Å²) < 4.78 is 0. The number of fused-ring (bicyclic) bond motifs is 1. The van der Waals surface area contributed by atoms with Gasteiger partial charge in [0.2, 0.25) is 0 Å². The van der Waals surface area contributed by atoms with Crippen LogP contribution in [0.2, 0.25) is 0 Å².